The molecule has 0 spiro atoms. The summed E-state index contributed by atoms with van der Waals surface area (Å²) in [5.74, 6) is -2.12. The van der Waals surface area contributed by atoms with Crippen LogP contribution in [0.4, 0.5) is 20.2 Å². The molecule has 0 saturated heterocycles. The number of carbonyl (C=O) groups excluding carboxylic acids is 2. The fraction of sp³-hybridized carbons (Fsp3) is 0.182. The van der Waals surface area contributed by atoms with Gasteiger partial charge in [0, 0.05) is 48.0 Å². The van der Waals surface area contributed by atoms with E-state index in [1.165, 1.54) is 42.5 Å². The van der Waals surface area contributed by atoms with E-state index in [4.69, 9.17) is 10.1 Å². The van der Waals surface area contributed by atoms with Gasteiger partial charge in [0.2, 0.25) is 11.8 Å². The standard InChI is InChI=1S/C33H31F2N5O3/c1-40(2)20-21-4-3-5-22(18-21)26-13-17-37-30(26)29(12-16-36)43-28-11-10-25(19-27(28)35)39-32(42)33(14-15-33)31(41)38-24-8-6-23(34)7-9-24/h3-13,16-19,36-37H,14-15,20H2,1-2H3,(H,38,41)(H,39,42)/b29-12+,36-16?. The minimum atomic E-state index is -1.28. The van der Waals surface area contributed by atoms with Crippen LogP contribution in [-0.2, 0) is 16.1 Å². The van der Waals surface area contributed by atoms with E-state index in [0.29, 0.717) is 24.2 Å². The second-order valence-electron chi connectivity index (χ2n) is 10.6. The van der Waals surface area contributed by atoms with Gasteiger partial charge < -0.3 is 30.7 Å². The highest BCUT2D eigenvalue weighted by molar-refractivity contribution is 6.16. The first kappa shape index (κ1) is 29.4. The Kier molecular flexibility index (Phi) is 8.49. The molecule has 220 valence electrons. The Morgan fingerprint density at radius 1 is 0.977 bits per heavy atom. The molecule has 1 fully saturated rings. The van der Waals surface area contributed by atoms with Gasteiger partial charge in [-0.15, -0.1) is 0 Å². The number of H-pyrrole nitrogens is 1. The third-order valence-electron chi connectivity index (χ3n) is 7.10. The average Bonchev–Trinajstić information content (AvgIpc) is 3.65. The van der Waals surface area contributed by atoms with Crippen molar-refractivity contribution in [1.82, 2.24) is 9.88 Å². The summed E-state index contributed by atoms with van der Waals surface area (Å²) in [5.41, 5.74) is 2.71. The average molecular weight is 584 g/mol. The van der Waals surface area contributed by atoms with Crippen LogP contribution in [0, 0.1) is 22.5 Å². The maximum Gasteiger partial charge on any atom is 0.240 e. The van der Waals surface area contributed by atoms with Crippen molar-refractivity contribution in [2.24, 2.45) is 5.41 Å². The Morgan fingerprint density at radius 2 is 1.67 bits per heavy atom. The molecule has 5 rings (SSSR count). The number of aromatic amines is 1. The lowest BCUT2D eigenvalue weighted by Gasteiger charge is -2.16. The van der Waals surface area contributed by atoms with Gasteiger partial charge in [-0.05, 0) is 86.6 Å². The topological polar surface area (TPSA) is 110 Å². The molecule has 4 N–H and O–H groups in total. The second kappa shape index (κ2) is 12.4. The highest BCUT2D eigenvalue weighted by Gasteiger charge is 2.56. The summed E-state index contributed by atoms with van der Waals surface area (Å²) in [7, 11) is 3.99. The van der Waals surface area contributed by atoms with E-state index in [-0.39, 0.29) is 17.2 Å². The molecule has 3 aromatic carbocycles. The summed E-state index contributed by atoms with van der Waals surface area (Å²) >= 11 is 0. The van der Waals surface area contributed by atoms with Gasteiger partial charge in [0.25, 0.3) is 0 Å². The first-order valence-corrected chi connectivity index (χ1v) is 13.7. The maximum atomic E-state index is 15.2. The lowest BCUT2D eigenvalue weighted by molar-refractivity contribution is -0.131. The van der Waals surface area contributed by atoms with Gasteiger partial charge in [0.05, 0.1) is 5.69 Å². The van der Waals surface area contributed by atoms with Crippen molar-refractivity contribution in [2.75, 3.05) is 24.7 Å². The van der Waals surface area contributed by atoms with Crippen LogP contribution in [0.3, 0.4) is 0 Å². The lowest BCUT2D eigenvalue weighted by atomic mass is 10.0. The summed E-state index contributed by atoms with van der Waals surface area (Å²) in [6.45, 7) is 0.765. The molecule has 8 nitrogen and oxygen atoms in total. The summed E-state index contributed by atoms with van der Waals surface area (Å²) < 4.78 is 34.4. The van der Waals surface area contributed by atoms with E-state index in [0.717, 1.165) is 35.5 Å². The summed E-state index contributed by atoms with van der Waals surface area (Å²) in [6.07, 6.45) is 4.90. The van der Waals surface area contributed by atoms with E-state index in [1.807, 2.05) is 38.4 Å². The molecular formula is C33H31F2N5O3. The van der Waals surface area contributed by atoms with Crippen molar-refractivity contribution in [3.05, 3.63) is 108 Å². The molecule has 1 saturated carbocycles. The molecule has 1 aromatic heterocycles. The molecule has 1 heterocycles. The molecule has 0 bridgehead atoms. The fourth-order valence-electron chi connectivity index (χ4n) is 4.76. The molecular weight excluding hydrogens is 552 g/mol. The predicted octanol–water partition coefficient (Wildman–Crippen LogP) is 6.45. The third-order valence-corrected chi connectivity index (χ3v) is 7.10. The number of rotatable bonds is 11. The molecule has 0 radical (unpaired) electrons. The Balaban J connectivity index is 1.30. The Bertz CT molecular complexity index is 1690. The first-order chi connectivity index (χ1) is 20.7. The number of anilines is 2. The Labute approximate surface area is 247 Å². The Morgan fingerprint density at radius 3 is 2.33 bits per heavy atom. The van der Waals surface area contributed by atoms with Crippen molar-refractivity contribution in [2.45, 2.75) is 19.4 Å². The lowest BCUT2D eigenvalue weighted by Crippen LogP contribution is -2.35. The van der Waals surface area contributed by atoms with Gasteiger partial charge in [0.15, 0.2) is 17.3 Å². The monoisotopic (exact) mass is 583 g/mol. The summed E-state index contributed by atoms with van der Waals surface area (Å²) in [6, 6.07) is 19.2. The van der Waals surface area contributed by atoms with Crippen LogP contribution < -0.4 is 15.4 Å². The fourth-order valence-corrected chi connectivity index (χ4v) is 4.76. The second-order valence-corrected chi connectivity index (χ2v) is 10.6. The molecule has 1 aliphatic rings. The number of aromatic nitrogens is 1. The quantitative estimate of drug-likeness (QED) is 0.0924. The number of hydrogen-bond donors (Lipinski definition) is 4. The predicted molar refractivity (Wildman–Crippen MR) is 163 cm³/mol. The number of allylic oxidation sites excluding steroid dienone is 1. The number of nitrogens with one attached hydrogen (secondary N) is 4. The van der Waals surface area contributed by atoms with E-state index in [9.17, 15) is 14.0 Å². The molecule has 10 heteroatoms. The van der Waals surface area contributed by atoms with E-state index in [2.05, 4.69) is 26.6 Å². The van der Waals surface area contributed by atoms with Crippen LogP contribution in [0.15, 0.2) is 85.1 Å². The Hall–Kier alpha value is -5.09. The van der Waals surface area contributed by atoms with Gasteiger partial charge in [-0.25, -0.2) is 8.78 Å². The number of carbonyl (C=O) groups is 2. The van der Waals surface area contributed by atoms with Gasteiger partial charge in [0.1, 0.15) is 11.2 Å². The molecule has 0 aliphatic heterocycles. The van der Waals surface area contributed by atoms with Crippen molar-refractivity contribution in [3.63, 3.8) is 0 Å². The SMILES string of the molecule is CN(C)Cc1cccc(-c2cc[nH]c2/C(=C\C=N)Oc2ccc(NC(=O)C3(C(=O)Nc4ccc(F)cc4)CC3)cc2F)c1. The molecule has 2 amide bonds. The molecule has 1 aliphatic carbocycles. The van der Waals surface area contributed by atoms with Crippen molar-refractivity contribution >= 4 is 35.2 Å². The van der Waals surface area contributed by atoms with Crippen LogP contribution in [0.5, 0.6) is 5.75 Å². The summed E-state index contributed by atoms with van der Waals surface area (Å²) in [4.78, 5) is 31.1. The smallest absolute Gasteiger partial charge is 0.240 e. The normalized spacial score (nSPS) is 13.8. The molecule has 0 unspecified atom stereocenters. The zero-order valence-electron chi connectivity index (χ0n) is 23.7. The summed E-state index contributed by atoms with van der Waals surface area (Å²) in [5, 5.41) is 12.9. The highest BCUT2D eigenvalue weighted by atomic mass is 19.1. The minimum Gasteiger partial charge on any atom is -0.452 e. The highest BCUT2D eigenvalue weighted by Crippen LogP contribution is 2.47. The first-order valence-electron chi connectivity index (χ1n) is 13.7. The van der Waals surface area contributed by atoms with Gasteiger partial charge in [-0.2, -0.15) is 0 Å². The number of nitrogens with zero attached hydrogens (tertiary/aromatic N) is 1. The molecule has 4 aromatic rings. The van der Waals surface area contributed by atoms with E-state index < -0.39 is 28.9 Å². The van der Waals surface area contributed by atoms with Crippen molar-refractivity contribution < 1.29 is 23.1 Å². The van der Waals surface area contributed by atoms with E-state index in [1.54, 1.807) is 6.20 Å². The zero-order chi connectivity index (χ0) is 30.6. The van der Waals surface area contributed by atoms with Gasteiger partial charge in [-0.3, -0.25) is 9.59 Å². The number of benzene rings is 3. The maximum absolute atomic E-state index is 15.2. The van der Waals surface area contributed by atoms with Crippen LogP contribution in [-0.4, -0.2) is 42.0 Å². The number of ether oxygens (including phenoxy) is 1. The van der Waals surface area contributed by atoms with Crippen LogP contribution >= 0.6 is 0 Å². The molecule has 43 heavy (non-hydrogen) atoms. The van der Waals surface area contributed by atoms with Crippen LogP contribution in [0.25, 0.3) is 16.9 Å². The minimum absolute atomic E-state index is 0.108. The van der Waals surface area contributed by atoms with Crippen LogP contribution in [0.2, 0.25) is 0 Å². The van der Waals surface area contributed by atoms with Crippen molar-refractivity contribution in [1.29, 1.82) is 5.41 Å². The number of amides is 2. The molecule has 0 atom stereocenters. The van der Waals surface area contributed by atoms with Gasteiger partial charge in [-0.1, -0.05) is 18.2 Å². The number of hydrogen-bond acceptors (Lipinski definition) is 5. The van der Waals surface area contributed by atoms with Crippen molar-refractivity contribution in [3.8, 4) is 16.9 Å². The number of halogens is 2. The van der Waals surface area contributed by atoms with Crippen LogP contribution in [0.1, 0.15) is 24.1 Å². The third kappa shape index (κ3) is 6.70. The zero-order valence-corrected chi connectivity index (χ0v) is 23.7. The van der Waals surface area contributed by atoms with E-state index >= 15 is 4.39 Å². The largest absolute Gasteiger partial charge is 0.452 e. The van der Waals surface area contributed by atoms with Gasteiger partial charge >= 0.3 is 0 Å².